The summed E-state index contributed by atoms with van der Waals surface area (Å²) in [5.74, 6) is -0.102. The van der Waals surface area contributed by atoms with E-state index in [2.05, 4.69) is 0 Å². The second kappa shape index (κ2) is 7.70. The number of halogens is 1. The number of aliphatic carboxylic acids is 1. The largest absolute Gasteiger partial charge is 0.491 e. The molecule has 0 saturated carbocycles. The van der Waals surface area contributed by atoms with E-state index in [1.165, 1.54) is 7.11 Å². The van der Waals surface area contributed by atoms with Crippen LogP contribution in [0.4, 0.5) is 0 Å². The van der Waals surface area contributed by atoms with Crippen LogP contribution in [-0.4, -0.2) is 24.8 Å². The molecule has 0 bridgehead atoms. The lowest BCUT2D eigenvalue weighted by atomic mass is 10.0. The van der Waals surface area contributed by atoms with Gasteiger partial charge in [-0.1, -0.05) is 41.9 Å². The predicted molar refractivity (Wildman–Crippen MR) is 91.1 cm³/mol. The first-order valence-electron chi connectivity index (χ1n) is 7.07. The summed E-state index contributed by atoms with van der Waals surface area (Å²) in [6.45, 7) is 2.30. The Kier molecular flexibility index (Phi) is 5.66. The Balaban J connectivity index is 2.53. The highest BCUT2D eigenvalue weighted by Gasteiger charge is 2.14. The number of hydrogen-bond acceptors (Lipinski definition) is 3. The molecule has 1 N–H and O–H groups in total. The third kappa shape index (κ3) is 4.05. The molecule has 0 heterocycles. The van der Waals surface area contributed by atoms with E-state index in [0.717, 1.165) is 0 Å². The normalized spacial score (nSPS) is 11.2. The number of carboxylic acids is 1. The summed E-state index contributed by atoms with van der Waals surface area (Å²) < 4.78 is 10.7. The topological polar surface area (TPSA) is 55.8 Å². The minimum atomic E-state index is -1.01. The fourth-order valence-electron chi connectivity index (χ4n) is 2.19. The van der Waals surface area contributed by atoms with E-state index >= 15 is 0 Å². The van der Waals surface area contributed by atoms with Crippen LogP contribution >= 0.6 is 11.6 Å². The van der Waals surface area contributed by atoms with E-state index in [-0.39, 0.29) is 5.57 Å². The number of carbonyl (C=O) groups is 1. The molecule has 5 heteroatoms. The lowest BCUT2D eigenvalue weighted by Crippen LogP contribution is -2.00. The van der Waals surface area contributed by atoms with Gasteiger partial charge in [-0.25, -0.2) is 4.79 Å². The van der Waals surface area contributed by atoms with Crippen molar-refractivity contribution in [3.63, 3.8) is 0 Å². The van der Waals surface area contributed by atoms with Gasteiger partial charge in [0.15, 0.2) is 11.5 Å². The fraction of sp³-hybridized carbons (Fsp3) is 0.167. The smallest absolute Gasteiger partial charge is 0.336 e. The van der Waals surface area contributed by atoms with Gasteiger partial charge in [0.2, 0.25) is 0 Å². The molecule has 0 spiro atoms. The number of carboxylic acid groups (broad SMARTS) is 1. The van der Waals surface area contributed by atoms with Crippen molar-refractivity contribution in [2.75, 3.05) is 13.7 Å². The van der Waals surface area contributed by atoms with Crippen molar-refractivity contribution in [1.29, 1.82) is 0 Å². The van der Waals surface area contributed by atoms with E-state index in [4.69, 9.17) is 21.1 Å². The van der Waals surface area contributed by atoms with Gasteiger partial charge in [0.1, 0.15) is 0 Å². The van der Waals surface area contributed by atoms with Gasteiger partial charge in [-0.15, -0.1) is 0 Å². The van der Waals surface area contributed by atoms with Gasteiger partial charge < -0.3 is 14.6 Å². The average molecular weight is 333 g/mol. The Morgan fingerprint density at radius 3 is 2.52 bits per heavy atom. The van der Waals surface area contributed by atoms with Gasteiger partial charge in [-0.05, 0) is 36.3 Å². The van der Waals surface area contributed by atoms with Crippen molar-refractivity contribution >= 4 is 29.2 Å². The maximum absolute atomic E-state index is 11.6. The molecule has 2 rings (SSSR count). The van der Waals surface area contributed by atoms with Crippen molar-refractivity contribution < 1.29 is 19.4 Å². The maximum atomic E-state index is 11.6. The van der Waals surface area contributed by atoms with Crippen LogP contribution in [0.1, 0.15) is 18.1 Å². The molecule has 0 fully saturated rings. The van der Waals surface area contributed by atoms with Crippen LogP contribution in [0.25, 0.3) is 11.6 Å². The molecule has 0 aliphatic rings. The van der Waals surface area contributed by atoms with Gasteiger partial charge in [0, 0.05) is 0 Å². The highest BCUT2D eigenvalue weighted by molar-refractivity contribution is 6.32. The van der Waals surface area contributed by atoms with Crippen LogP contribution in [0, 0.1) is 0 Å². The van der Waals surface area contributed by atoms with Crippen LogP contribution in [0.15, 0.2) is 42.5 Å². The van der Waals surface area contributed by atoms with Crippen molar-refractivity contribution in [3.05, 3.63) is 58.6 Å². The van der Waals surface area contributed by atoms with Gasteiger partial charge in [-0.2, -0.15) is 0 Å². The summed E-state index contributed by atoms with van der Waals surface area (Å²) in [5.41, 5.74) is 1.42. The lowest BCUT2D eigenvalue weighted by Gasteiger charge is -2.12. The lowest BCUT2D eigenvalue weighted by molar-refractivity contribution is -0.130. The average Bonchev–Trinajstić information content (AvgIpc) is 2.53. The molecule has 0 radical (unpaired) electrons. The van der Waals surface area contributed by atoms with Crippen molar-refractivity contribution in [2.45, 2.75) is 6.92 Å². The molecule has 2 aromatic rings. The third-order valence-electron chi connectivity index (χ3n) is 3.16. The first kappa shape index (κ1) is 16.9. The molecule has 120 valence electrons. The van der Waals surface area contributed by atoms with Crippen LogP contribution in [0.2, 0.25) is 5.02 Å². The zero-order valence-corrected chi connectivity index (χ0v) is 13.6. The zero-order valence-electron chi connectivity index (χ0n) is 12.9. The van der Waals surface area contributed by atoms with Gasteiger partial charge in [0.05, 0.1) is 24.3 Å². The summed E-state index contributed by atoms with van der Waals surface area (Å²) in [6, 6.07) is 12.3. The monoisotopic (exact) mass is 332 g/mol. The van der Waals surface area contributed by atoms with E-state index in [1.807, 2.05) is 13.0 Å². The Labute approximate surface area is 139 Å². The molecule has 2 aromatic carbocycles. The molecule has 0 amide bonds. The van der Waals surface area contributed by atoms with Crippen LogP contribution in [-0.2, 0) is 4.79 Å². The molecule has 4 nitrogen and oxygen atoms in total. The predicted octanol–water partition coefficient (Wildman–Crippen LogP) is 4.37. The summed E-state index contributed by atoms with van der Waals surface area (Å²) in [4.78, 5) is 11.6. The first-order valence-corrected chi connectivity index (χ1v) is 7.45. The summed E-state index contributed by atoms with van der Waals surface area (Å²) >= 11 is 6.20. The van der Waals surface area contributed by atoms with Crippen LogP contribution in [0.5, 0.6) is 11.5 Å². The third-order valence-corrected chi connectivity index (χ3v) is 3.44. The highest BCUT2D eigenvalue weighted by Crippen LogP contribution is 2.37. The van der Waals surface area contributed by atoms with Crippen molar-refractivity contribution in [2.24, 2.45) is 0 Å². The fourth-order valence-corrected chi connectivity index (χ4v) is 2.48. The highest BCUT2D eigenvalue weighted by atomic mass is 35.5. The summed E-state index contributed by atoms with van der Waals surface area (Å²) in [6.07, 6.45) is 1.56. The summed E-state index contributed by atoms with van der Waals surface area (Å²) in [7, 11) is 1.51. The Bertz CT molecular complexity index is 723. The van der Waals surface area contributed by atoms with Gasteiger partial charge in [0.25, 0.3) is 0 Å². The number of methoxy groups -OCH3 is 1. The quantitative estimate of drug-likeness (QED) is 0.630. The molecule has 0 aliphatic heterocycles. The van der Waals surface area contributed by atoms with E-state index in [0.29, 0.717) is 34.3 Å². The molecule has 0 unspecified atom stereocenters. The molecular formula is C18H17ClO4. The standard InChI is InChI=1S/C18H17ClO4/c1-3-23-16-11-12(10-15(19)17(16)22-2)9-14(18(20)21)13-7-5-4-6-8-13/h4-11H,3H2,1-2H3,(H,20,21)/b14-9+. The zero-order chi connectivity index (χ0) is 16.8. The Hall–Kier alpha value is -2.46. The van der Waals surface area contributed by atoms with Gasteiger partial charge in [-0.3, -0.25) is 0 Å². The molecule has 23 heavy (non-hydrogen) atoms. The molecule has 0 atom stereocenters. The van der Waals surface area contributed by atoms with Crippen LogP contribution in [0.3, 0.4) is 0 Å². The van der Waals surface area contributed by atoms with Crippen molar-refractivity contribution in [1.82, 2.24) is 0 Å². The SMILES string of the molecule is CCOc1cc(/C=C(/C(=O)O)c2ccccc2)cc(Cl)c1OC. The van der Waals surface area contributed by atoms with Gasteiger partial charge >= 0.3 is 5.97 Å². The summed E-state index contributed by atoms with van der Waals surface area (Å²) in [5, 5.41) is 9.84. The van der Waals surface area contributed by atoms with Crippen molar-refractivity contribution in [3.8, 4) is 11.5 Å². The minimum absolute atomic E-state index is 0.175. The second-order valence-corrected chi connectivity index (χ2v) is 5.10. The number of benzene rings is 2. The Morgan fingerprint density at radius 1 is 1.26 bits per heavy atom. The molecule has 0 aliphatic carbocycles. The molecule has 0 aromatic heterocycles. The minimum Gasteiger partial charge on any atom is -0.491 e. The first-order chi connectivity index (χ1) is 11.1. The number of rotatable bonds is 6. The molecular weight excluding hydrogens is 316 g/mol. The molecule has 0 saturated heterocycles. The van der Waals surface area contributed by atoms with Crippen LogP contribution < -0.4 is 9.47 Å². The number of ether oxygens (including phenoxy) is 2. The van der Waals surface area contributed by atoms with E-state index in [9.17, 15) is 9.90 Å². The maximum Gasteiger partial charge on any atom is 0.336 e. The Morgan fingerprint density at radius 2 is 1.96 bits per heavy atom. The van der Waals surface area contributed by atoms with E-state index in [1.54, 1.807) is 42.5 Å². The van der Waals surface area contributed by atoms with E-state index < -0.39 is 5.97 Å². The second-order valence-electron chi connectivity index (χ2n) is 4.70. The number of hydrogen-bond donors (Lipinski definition) is 1.